The van der Waals surface area contributed by atoms with Gasteiger partial charge in [0.05, 0.1) is 20.0 Å². The molecule has 0 saturated heterocycles. The van der Waals surface area contributed by atoms with Crippen molar-refractivity contribution >= 4 is 44.6 Å². The second-order valence-corrected chi connectivity index (χ2v) is 6.40. The summed E-state index contributed by atoms with van der Waals surface area (Å²) in [5.74, 6) is -1.13. The van der Waals surface area contributed by atoms with E-state index in [0.29, 0.717) is 6.54 Å². The highest BCUT2D eigenvalue weighted by Gasteiger charge is 2.15. The van der Waals surface area contributed by atoms with E-state index in [2.05, 4.69) is 21.2 Å². The first-order chi connectivity index (χ1) is 9.47. The number of rotatable bonds is 5. The van der Waals surface area contributed by atoms with Gasteiger partial charge in [-0.15, -0.1) is 11.3 Å². The van der Waals surface area contributed by atoms with Crippen LogP contribution in [-0.4, -0.2) is 16.0 Å². The molecule has 1 aromatic heterocycles. The van der Waals surface area contributed by atoms with Gasteiger partial charge in [-0.05, 0) is 34.1 Å². The van der Waals surface area contributed by atoms with Crippen LogP contribution < -0.4 is 5.32 Å². The third-order valence-electron chi connectivity index (χ3n) is 2.53. The smallest absolute Gasteiger partial charge is 0.337 e. The average Bonchev–Trinajstić information content (AvgIpc) is 2.81. The van der Waals surface area contributed by atoms with E-state index in [0.717, 1.165) is 8.66 Å². The van der Waals surface area contributed by atoms with Crippen molar-refractivity contribution in [3.63, 3.8) is 0 Å². The maximum absolute atomic E-state index is 11.1. The third kappa shape index (κ3) is 3.34. The van der Waals surface area contributed by atoms with Crippen molar-refractivity contribution in [2.45, 2.75) is 6.54 Å². The molecule has 0 aliphatic rings. The zero-order chi connectivity index (χ0) is 14.7. The molecule has 0 amide bonds. The fraction of sp³-hybridized carbons (Fsp3) is 0.0833. The Morgan fingerprint density at radius 2 is 2.15 bits per heavy atom. The number of thiophene rings is 1. The van der Waals surface area contributed by atoms with Crippen molar-refractivity contribution in [3.8, 4) is 0 Å². The molecular formula is C12H9BrN2O4S. The van der Waals surface area contributed by atoms with Gasteiger partial charge >= 0.3 is 5.97 Å². The molecule has 0 aliphatic heterocycles. The predicted molar refractivity (Wildman–Crippen MR) is 79.4 cm³/mol. The predicted octanol–water partition coefficient (Wildman–Crippen LogP) is 3.73. The molecule has 2 aromatic rings. The molecule has 0 atom stereocenters. The Bertz CT molecular complexity index is 671. The number of carboxylic acid groups (broad SMARTS) is 1. The molecule has 2 rings (SSSR count). The van der Waals surface area contributed by atoms with Crippen LogP contribution in [0.3, 0.4) is 0 Å². The summed E-state index contributed by atoms with van der Waals surface area (Å²) < 4.78 is 0.965. The number of halogens is 1. The number of anilines is 1. The van der Waals surface area contributed by atoms with Crippen molar-refractivity contribution in [2.75, 3.05) is 5.32 Å². The molecular weight excluding hydrogens is 348 g/mol. The molecule has 0 saturated carbocycles. The van der Waals surface area contributed by atoms with Crippen molar-refractivity contribution in [1.82, 2.24) is 0 Å². The van der Waals surface area contributed by atoms with Crippen LogP contribution in [0, 0.1) is 10.1 Å². The van der Waals surface area contributed by atoms with Gasteiger partial charge in [0.25, 0.3) is 5.69 Å². The van der Waals surface area contributed by atoms with Crippen LogP contribution in [0.5, 0.6) is 0 Å². The number of aromatic carboxylic acids is 1. The lowest BCUT2D eigenvalue weighted by Crippen LogP contribution is -2.06. The highest BCUT2D eigenvalue weighted by Crippen LogP contribution is 2.26. The lowest BCUT2D eigenvalue weighted by Gasteiger charge is -2.08. The van der Waals surface area contributed by atoms with E-state index < -0.39 is 10.9 Å². The zero-order valence-electron chi connectivity index (χ0n) is 10.00. The zero-order valence-corrected chi connectivity index (χ0v) is 12.4. The van der Waals surface area contributed by atoms with E-state index in [-0.39, 0.29) is 16.9 Å². The third-order valence-corrected chi connectivity index (χ3v) is 4.15. The second kappa shape index (κ2) is 6.02. The lowest BCUT2D eigenvalue weighted by atomic mass is 10.1. The first-order valence-corrected chi connectivity index (χ1v) is 7.08. The fourth-order valence-corrected chi connectivity index (χ4v) is 3.03. The van der Waals surface area contributed by atoms with Crippen molar-refractivity contribution < 1.29 is 14.8 Å². The summed E-state index contributed by atoms with van der Waals surface area (Å²) in [4.78, 5) is 22.3. The average molecular weight is 357 g/mol. The Morgan fingerprint density at radius 1 is 1.40 bits per heavy atom. The molecule has 6 nitrogen and oxygen atoms in total. The van der Waals surface area contributed by atoms with Crippen LogP contribution >= 0.6 is 27.3 Å². The number of non-ortho nitro benzene ring substituents is 1. The van der Waals surface area contributed by atoms with Crippen LogP contribution in [-0.2, 0) is 6.54 Å². The van der Waals surface area contributed by atoms with Crippen LogP contribution in [0.1, 0.15) is 15.2 Å². The largest absolute Gasteiger partial charge is 0.478 e. The van der Waals surface area contributed by atoms with Gasteiger partial charge < -0.3 is 10.4 Å². The Hall–Kier alpha value is -1.93. The number of carboxylic acids is 1. The van der Waals surface area contributed by atoms with Gasteiger partial charge in [-0.1, -0.05) is 0 Å². The molecule has 0 bridgehead atoms. The molecule has 0 fully saturated rings. The Morgan fingerprint density at radius 3 is 2.70 bits per heavy atom. The number of hydrogen-bond donors (Lipinski definition) is 2. The van der Waals surface area contributed by atoms with Gasteiger partial charge in [0, 0.05) is 23.6 Å². The summed E-state index contributed by atoms with van der Waals surface area (Å²) >= 11 is 4.84. The molecule has 1 aromatic carbocycles. The van der Waals surface area contributed by atoms with Crippen LogP contribution in [0.2, 0.25) is 0 Å². The van der Waals surface area contributed by atoms with Crippen molar-refractivity contribution in [2.24, 2.45) is 0 Å². The van der Waals surface area contributed by atoms with Gasteiger partial charge in [0.15, 0.2) is 0 Å². The summed E-state index contributed by atoms with van der Waals surface area (Å²) in [6.45, 7) is 0.401. The number of carbonyl (C=O) groups is 1. The monoisotopic (exact) mass is 356 g/mol. The molecule has 0 spiro atoms. The quantitative estimate of drug-likeness (QED) is 0.628. The summed E-state index contributed by atoms with van der Waals surface area (Å²) in [6, 6.07) is 7.41. The molecule has 1 heterocycles. The van der Waals surface area contributed by atoms with Crippen LogP contribution in [0.4, 0.5) is 11.4 Å². The number of nitro groups is 1. The molecule has 0 unspecified atom stereocenters. The van der Waals surface area contributed by atoms with Gasteiger partial charge in [0.2, 0.25) is 0 Å². The van der Waals surface area contributed by atoms with E-state index in [1.165, 1.54) is 29.5 Å². The number of nitro benzene ring substituents is 1. The van der Waals surface area contributed by atoms with Crippen molar-refractivity contribution in [1.29, 1.82) is 0 Å². The minimum absolute atomic E-state index is 0.00576. The van der Waals surface area contributed by atoms with Crippen LogP contribution in [0.25, 0.3) is 0 Å². The summed E-state index contributed by atoms with van der Waals surface area (Å²) in [5.41, 5.74) is 0.0901. The summed E-state index contributed by atoms with van der Waals surface area (Å²) in [5, 5.41) is 22.7. The van der Waals surface area contributed by atoms with E-state index >= 15 is 0 Å². The standard InChI is InChI=1S/C12H9BrN2O4S/c13-11-4-2-8(20-11)6-14-10-5-7(15(18)19)1-3-9(10)12(16)17/h1-5,14H,6H2,(H,16,17). The topological polar surface area (TPSA) is 92.5 Å². The number of nitrogens with zero attached hydrogens (tertiary/aromatic N) is 1. The van der Waals surface area contributed by atoms with E-state index in [9.17, 15) is 14.9 Å². The fourth-order valence-electron chi connectivity index (χ4n) is 1.61. The molecule has 2 N–H and O–H groups in total. The molecule has 8 heteroatoms. The minimum atomic E-state index is -1.13. The number of benzene rings is 1. The lowest BCUT2D eigenvalue weighted by molar-refractivity contribution is -0.384. The molecule has 0 radical (unpaired) electrons. The van der Waals surface area contributed by atoms with Gasteiger partial charge in [0.1, 0.15) is 0 Å². The Kier molecular flexibility index (Phi) is 4.35. The summed E-state index contributed by atoms with van der Waals surface area (Å²) in [6.07, 6.45) is 0. The summed E-state index contributed by atoms with van der Waals surface area (Å²) in [7, 11) is 0. The van der Waals surface area contributed by atoms with Crippen LogP contribution in [0.15, 0.2) is 34.1 Å². The van der Waals surface area contributed by atoms with Gasteiger partial charge in [-0.25, -0.2) is 4.79 Å². The molecule has 0 aliphatic carbocycles. The van der Waals surface area contributed by atoms with E-state index in [1.807, 2.05) is 12.1 Å². The van der Waals surface area contributed by atoms with Gasteiger partial charge in [-0.2, -0.15) is 0 Å². The second-order valence-electron chi connectivity index (χ2n) is 3.85. The first kappa shape index (κ1) is 14.5. The Balaban J connectivity index is 2.25. The highest BCUT2D eigenvalue weighted by molar-refractivity contribution is 9.11. The number of hydrogen-bond acceptors (Lipinski definition) is 5. The highest BCUT2D eigenvalue weighted by atomic mass is 79.9. The van der Waals surface area contributed by atoms with E-state index in [4.69, 9.17) is 5.11 Å². The normalized spacial score (nSPS) is 10.2. The van der Waals surface area contributed by atoms with E-state index in [1.54, 1.807) is 0 Å². The first-order valence-electron chi connectivity index (χ1n) is 5.47. The molecule has 104 valence electrons. The minimum Gasteiger partial charge on any atom is -0.478 e. The maximum atomic E-state index is 11.1. The van der Waals surface area contributed by atoms with Crippen molar-refractivity contribution in [3.05, 3.63) is 54.7 Å². The number of nitrogens with one attached hydrogen (secondary N) is 1. The van der Waals surface area contributed by atoms with Gasteiger partial charge in [-0.3, -0.25) is 10.1 Å². The Labute approximate surface area is 126 Å². The maximum Gasteiger partial charge on any atom is 0.337 e. The molecule has 20 heavy (non-hydrogen) atoms. The SMILES string of the molecule is O=C(O)c1ccc([N+](=O)[O-])cc1NCc1ccc(Br)s1.